The van der Waals surface area contributed by atoms with Gasteiger partial charge in [0.25, 0.3) is 5.91 Å². The summed E-state index contributed by atoms with van der Waals surface area (Å²) in [6.45, 7) is 2.25. The maximum atomic E-state index is 11.7. The molecule has 6 heteroatoms. The molecular weight excluding hydrogens is 324 g/mol. The van der Waals surface area contributed by atoms with Crippen LogP contribution in [0.25, 0.3) is 0 Å². The number of carbonyl (C=O) groups excluding carboxylic acids is 1. The number of rotatable bonds is 7. The van der Waals surface area contributed by atoms with Crippen molar-refractivity contribution in [1.82, 2.24) is 10.2 Å². The molecule has 0 saturated carbocycles. The van der Waals surface area contributed by atoms with Crippen molar-refractivity contribution in [3.8, 4) is 5.75 Å². The number of nitrogens with zero attached hydrogens (tertiary/aromatic N) is 1. The van der Waals surface area contributed by atoms with Crippen LogP contribution in [0.2, 0.25) is 0 Å². The molecule has 0 bridgehead atoms. The largest absolute Gasteiger partial charge is 0.483 e. The maximum absolute atomic E-state index is 11.7. The van der Waals surface area contributed by atoms with Gasteiger partial charge in [0.2, 0.25) is 0 Å². The highest BCUT2D eigenvalue weighted by atomic mass is 79.9. The molecule has 5 nitrogen and oxygen atoms in total. The van der Waals surface area contributed by atoms with Gasteiger partial charge in [-0.2, -0.15) is 0 Å². The molecule has 1 unspecified atom stereocenters. The summed E-state index contributed by atoms with van der Waals surface area (Å²) in [5.41, 5.74) is -0.966. The zero-order valence-electron chi connectivity index (χ0n) is 12.0. The number of ether oxygens (including phenoxy) is 1. The van der Waals surface area contributed by atoms with Gasteiger partial charge in [0.05, 0.1) is 10.1 Å². The van der Waals surface area contributed by atoms with E-state index < -0.39 is 5.60 Å². The highest BCUT2D eigenvalue weighted by molar-refractivity contribution is 9.10. The van der Waals surface area contributed by atoms with Crippen LogP contribution >= 0.6 is 15.9 Å². The molecule has 0 aliphatic rings. The van der Waals surface area contributed by atoms with E-state index >= 15 is 0 Å². The van der Waals surface area contributed by atoms with E-state index in [2.05, 4.69) is 21.2 Å². The van der Waals surface area contributed by atoms with Gasteiger partial charge in [-0.3, -0.25) is 4.79 Å². The number of hydrogen-bond donors (Lipinski definition) is 2. The zero-order chi connectivity index (χ0) is 15.2. The molecule has 1 amide bonds. The standard InChI is InChI=1S/C14H21BrN2O3/c1-14(19,10-17(2)3)9-16-13(18)8-20-12-7-5-4-6-11(12)15/h4-7,19H,8-10H2,1-3H3,(H,16,18). The molecule has 0 saturated heterocycles. The van der Waals surface area contributed by atoms with Crippen molar-refractivity contribution in [3.63, 3.8) is 0 Å². The van der Waals surface area contributed by atoms with Gasteiger partial charge in [0.15, 0.2) is 6.61 Å². The van der Waals surface area contributed by atoms with Gasteiger partial charge in [-0.1, -0.05) is 12.1 Å². The van der Waals surface area contributed by atoms with Gasteiger partial charge in [0.1, 0.15) is 5.75 Å². The van der Waals surface area contributed by atoms with Crippen LogP contribution in [0, 0.1) is 0 Å². The number of nitrogens with one attached hydrogen (secondary N) is 1. The lowest BCUT2D eigenvalue weighted by Crippen LogP contribution is -2.47. The summed E-state index contributed by atoms with van der Waals surface area (Å²) in [6.07, 6.45) is 0. The van der Waals surface area contributed by atoms with Crippen LogP contribution in [0.15, 0.2) is 28.7 Å². The third-order valence-electron chi connectivity index (χ3n) is 2.52. The number of halogens is 1. The van der Waals surface area contributed by atoms with Crippen molar-refractivity contribution in [3.05, 3.63) is 28.7 Å². The van der Waals surface area contributed by atoms with Crippen LogP contribution in [0.1, 0.15) is 6.92 Å². The van der Waals surface area contributed by atoms with Crippen LogP contribution in [-0.2, 0) is 4.79 Å². The van der Waals surface area contributed by atoms with Crippen molar-refractivity contribution < 1.29 is 14.6 Å². The Morgan fingerprint density at radius 3 is 2.70 bits per heavy atom. The normalized spacial score (nSPS) is 13.9. The minimum atomic E-state index is -0.966. The second kappa shape index (κ2) is 7.61. The van der Waals surface area contributed by atoms with Gasteiger partial charge in [-0.25, -0.2) is 0 Å². The Labute approximate surface area is 128 Å². The van der Waals surface area contributed by atoms with Gasteiger partial charge < -0.3 is 20.1 Å². The molecular formula is C14H21BrN2O3. The van der Waals surface area contributed by atoms with E-state index in [4.69, 9.17) is 4.74 Å². The van der Waals surface area contributed by atoms with Crippen LogP contribution in [0.4, 0.5) is 0 Å². The lowest BCUT2D eigenvalue weighted by molar-refractivity contribution is -0.124. The van der Waals surface area contributed by atoms with Gasteiger partial charge in [0, 0.05) is 13.1 Å². The molecule has 0 radical (unpaired) electrons. The average molecular weight is 345 g/mol. The summed E-state index contributed by atoms with van der Waals surface area (Å²) < 4.78 is 6.19. The van der Waals surface area contributed by atoms with Crippen molar-refractivity contribution in [2.75, 3.05) is 33.8 Å². The fourth-order valence-corrected chi connectivity index (χ4v) is 2.18. The Hall–Kier alpha value is -1.11. The Kier molecular flexibility index (Phi) is 6.45. The molecule has 112 valence electrons. The fraction of sp³-hybridized carbons (Fsp3) is 0.500. The number of hydrogen-bond acceptors (Lipinski definition) is 4. The smallest absolute Gasteiger partial charge is 0.258 e. The lowest BCUT2D eigenvalue weighted by atomic mass is 10.1. The van der Waals surface area contributed by atoms with Crippen LogP contribution in [-0.4, -0.2) is 55.3 Å². The van der Waals surface area contributed by atoms with E-state index in [1.807, 2.05) is 37.2 Å². The summed E-state index contributed by atoms with van der Waals surface area (Å²) >= 11 is 3.34. The first kappa shape index (κ1) is 16.9. The second-order valence-corrected chi connectivity index (χ2v) is 6.08. The molecule has 0 aliphatic heterocycles. The van der Waals surface area contributed by atoms with Crippen LogP contribution < -0.4 is 10.1 Å². The highest BCUT2D eigenvalue weighted by Gasteiger charge is 2.22. The third-order valence-corrected chi connectivity index (χ3v) is 3.17. The van der Waals surface area contributed by atoms with E-state index in [0.29, 0.717) is 12.3 Å². The number of likely N-dealkylation sites (N-methyl/N-ethyl adjacent to an activating group) is 1. The van der Waals surface area contributed by atoms with Crippen molar-refractivity contribution >= 4 is 21.8 Å². The molecule has 1 atom stereocenters. The Morgan fingerprint density at radius 1 is 1.45 bits per heavy atom. The predicted octanol–water partition coefficient (Wildman–Crippen LogP) is 1.26. The molecule has 1 aromatic carbocycles. The minimum absolute atomic E-state index is 0.0827. The Morgan fingerprint density at radius 2 is 2.10 bits per heavy atom. The van der Waals surface area contributed by atoms with Gasteiger partial charge in [-0.15, -0.1) is 0 Å². The molecule has 1 aromatic rings. The number of para-hydroxylation sites is 1. The lowest BCUT2D eigenvalue weighted by Gasteiger charge is -2.27. The third kappa shape index (κ3) is 6.36. The topological polar surface area (TPSA) is 61.8 Å². The number of benzene rings is 1. The first-order valence-corrected chi connectivity index (χ1v) is 7.10. The van der Waals surface area contributed by atoms with Crippen molar-refractivity contribution in [2.45, 2.75) is 12.5 Å². The monoisotopic (exact) mass is 344 g/mol. The summed E-state index contributed by atoms with van der Waals surface area (Å²) in [7, 11) is 3.73. The molecule has 0 fully saturated rings. The molecule has 2 N–H and O–H groups in total. The van der Waals surface area contributed by atoms with E-state index in [9.17, 15) is 9.90 Å². The SMILES string of the molecule is CN(C)CC(C)(O)CNC(=O)COc1ccccc1Br. The molecule has 0 spiro atoms. The summed E-state index contributed by atoms with van der Waals surface area (Å²) in [4.78, 5) is 13.5. The van der Waals surface area contributed by atoms with E-state index in [-0.39, 0.29) is 19.1 Å². The zero-order valence-corrected chi connectivity index (χ0v) is 13.6. The Bertz CT molecular complexity index is 450. The average Bonchev–Trinajstić information content (AvgIpc) is 2.34. The van der Waals surface area contributed by atoms with E-state index in [1.165, 1.54) is 0 Å². The second-order valence-electron chi connectivity index (χ2n) is 5.23. The molecule has 0 heterocycles. The quantitative estimate of drug-likeness (QED) is 0.781. The summed E-state index contributed by atoms with van der Waals surface area (Å²) in [6, 6.07) is 7.32. The molecule has 0 aliphatic carbocycles. The fourth-order valence-electron chi connectivity index (χ4n) is 1.78. The minimum Gasteiger partial charge on any atom is -0.483 e. The number of aliphatic hydroxyl groups is 1. The first-order chi connectivity index (χ1) is 9.30. The number of carbonyl (C=O) groups is 1. The van der Waals surface area contributed by atoms with E-state index in [0.717, 1.165) is 4.47 Å². The van der Waals surface area contributed by atoms with E-state index in [1.54, 1.807) is 13.0 Å². The highest BCUT2D eigenvalue weighted by Crippen LogP contribution is 2.23. The Balaban J connectivity index is 2.36. The van der Waals surface area contributed by atoms with Crippen LogP contribution in [0.5, 0.6) is 5.75 Å². The molecule has 20 heavy (non-hydrogen) atoms. The van der Waals surface area contributed by atoms with Crippen LogP contribution in [0.3, 0.4) is 0 Å². The summed E-state index contributed by atoms with van der Waals surface area (Å²) in [5, 5.41) is 12.7. The molecule has 1 rings (SSSR count). The van der Waals surface area contributed by atoms with Gasteiger partial charge in [-0.05, 0) is 49.1 Å². The summed E-state index contributed by atoms with van der Waals surface area (Å²) in [5.74, 6) is 0.350. The first-order valence-electron chi connectivity index (χ1n) is 6.31. The molecule has 0 aromatic heterocycles. The maximum Gasteiger partial charge on any atom is 0.258 e. The number of amides is 1. The van der Waals surface area contributed by atoms with Crippen molar-refractivity contribution in [1.29, 1.82) is 0 Å². The van der Waals surface area contributed by atoms with Gasteiger partial charge >= 0.3 is 0 Å². The van der Waals surface area contributed by atoms with Crippen molar-refractivity contribution in [2.24, 2.45) is 0 Å². The predicted molar refractivity (Wildman–Crippen MR) is 81.8 cm³/mol.